The van der Waals surface area contributed by atoms with Crippen LogP contribution in [0.3, 0.4) is 0 Å². The summed E-state index contributed by atoms with van der Waals surface area (Å²) in [6, 6.07) is 0. The Morgan fingerprint density at radius 3 is 0.556 bits per heavy atom. The van der Waals surface area contributed by atoms with Gasteiger partial charge in [-0.1, -0.05) is 0 Å². The van der Waals surface area contributed by atoms with Crippen LogP contribution in [0.25, 0.3) is 0 Å². The zero-order chi connectivity index (χ0) is 13.5. The van der Waals surface area contributed by atoms with E-state index in [1.165, 1.54) is 0 Å². The van der Waals surface area contributed by atoms with E-state index in [1.54, 1.807) is 0 Å². The molecule has 0 aliphatic heterocycles. The topological polar surface area (TPSA) is 250 Å². The standard InChI is InChI=1S/2Na.3H3O4P.Zr/c;;3*1-5(2,3)4;/h;;3*(H3,1,2,3,4);/q2*+1;;;;+4/p-6. The van der Waals surface area contributed by atoms with E-state index < -0.39 is 23.5 Å². The van der Waals surface area contributed by atoms with E-state index in [0.717, 1.165) is 0 Å². The number of phosphoric acid groups is 3. The fourth-order valence-corrected chi connectivity index (χ4v) is 0. The molecule has 0 fully saturated rings. The van der Waals surface area contributed by atoms with E-state index >= 15 is 0 Å². The predicted octanol–water partition coefficient (Wildman–Crippen LogP) is -12.6. The van der Waals surface area contributed by atoms with Crippen molar-refractivity contribution in [1.82, 2.24) is 0 Å². The molecule has 0 saturated heterocycles. The zero-order valence-electron chi connectivity index (χ0n) is 8.86. The number of hydrogen-bond donors (Lipinski definition) is 3. The third-order valence-corrected chi connectivity index (χ3v) is 0. The Labute approximate surface area is 164 Å². The van der Waals surface area contributed by atoms with Gasteiger partial charge in [0.15, 0.2) is 0 Å². The van der Waals surface area contributed by atoms with Crippen LogP contribution in [0.15, 0.2) is 0 Å². The molecule has 0 aliphatic rings. The SMILES string of the molecule is O=P([O-])([O-])O.O=P([O-])([O-])O.O=P([O-])([O-])O.[Na+].[Na+].[Zr+4]. The van der Waals surface area contributed by atoms with E-state index in [4.69, 9.17) is 57.7 Å². The number of hydrogen-bond acceptors (Lipinski definition) is 9. The monoisotopic (exact) mass is 424 g/mol. The Bertz CT molecular complexity index is 211. The first-order chi connectivity index (χ1) is 6.00. The first-order valence-corrected chi connectivity index (χ1v) is 6.73. The molecule has 0 aromatic carbocycles. The molecule has 0 saturated carbocycles. The summed E-state index contributed by atoms with van der Waals surface area (Å²) in [5.74, 6) is 0. The van der Waals surface area contributed by atoms with Crippen molar-refractivity contribution in [2.75, 3.05) is 0 Å². The van der Waals surface area contributed by atoms with Crippen LogP contribution in [0.2, 0.25) is 0 Å². The normalized spacial score (nSPS) is 9.83. The van der Waals surface area contributed by atoms with E-state index in [1.807, 2.05) is 0 Å². The fraction of sp³-hybridized carbons (Fsp3) is 0. The molecule has 0 atom stereocenters. The molecule has 0 aromatic heterocycles. The number of rotatable bonds is 0. The smallest absolute Gasteiger partial charge is 0.790 e. The van der Waals surface area contributed by atoms with Gasteiger partial charge in [0.05, 0.1) is 23.5 Å². The van der Waals surface area contributed by atoms with Crippen LogP contribution in [0.4, 0.5) is 0 Å². The summed E-state index contributed by atoms with van der Waals surface area (Å²) in [4.78, 5) is 72.9. The van der Waals surface area contributed by atoms with Crippen LogP contribution >= 0.6 is 23.5 Å². The van der Waals surface area contributed by atoms with Crippen molar-refractivity contribution < 1.29 is 143 Å². The maximum atomic E-state index is 8.66. The van der Waals surface area contributed by atoms with Crippen molar-refractivity contribution >= 4 is 23.5 Å². The van der Waals surface area contributed by atoms with Crippen LogP contribution in [-0.4, -0.2) is 14.7 Å². The molecule has 18 heteroatoms. The molecule has 0 spiro atoms. The van der Waals surface area contributed by atoms with Crippen LogP contribution < -0.4 is 88.5 Å². The van der Waals surface area contributed by atoms with Gasteiger partial charge < -0.3 is 57.7 Å². The van der Waals surface area contributed by atoms with Gasteiger partial charge in [-0.15, -0.1) is 0 Å². The van der Waals surface area contributed by atoms with Crippen molar-refractivity contribution in [3.63, 3.8) is 0 Å². The quantitative estimate of drug-likeness (QED) is 0.242. The second kappa shape index (κ2) is 16.6. The summed E-state index contributed by atoms with van der Waals surface area (Å²) in [7, 11) is -15.4. The average Bonchev–Trinajstić information content (AvgIpc) is 1.41. The molecule has 0 aromatic rings. The molecular weight excluding hydrogens is 422 g/mol. The minimum absolute atomic E-state index is 0. The summed E-state index contributed by atoms with van der Waals surface area (Å²) in [5.41, 5.74) is 0. The molecule has 0 heterocycles. The maximum absolute atomic E-state index is 8.66. The second-order valence-corrected chi connectivity index (χ2v) is 4.22. The molecule has 0 amide bonds. The van der Waals surface area contributed by atoms with E-state index in [-0.39, 0.29) is 85.3 Å². The summed E-state index contributed by atoms with van der Waals surface area (Å²) < 4.78 is 26.0. The Morgan fingerprint density at radius 1 is 0.556 bits per heavy atom. The van der Waals surface area contributed by atoms with Crippen molar-refractivity contribution in [1.29, 1.82) is 0 Å². The third kappa shape index (κ3) is 617. The van der Waals surface area contributed by atoms with Gasteiger partial charge in [-0.25, -0.2) is 0 Å². The molecule has 3 N–H and O–H groups in total. The maximum Gasteiger partial charge on any atom is 4.00 e. The molecule has 0 unspecified atom stereocenters. The molecule has 0 aliphatic carbocycles. The molecule has 0 rings (SSSR count). The summed E-state index contributed by atoms with van der Waals surface area (Å²) in [6.45, 7) is 0. The van der Waals surface area contributed by atoms with Crippen LogP contribution in [0, 0.1) is 0 Å². The second-order valence-electron chi connectivity index (χ2n) is 1.41. The van der Waals surface area contributed by atoms with Gasteiger partial charge in [-0.2, -0.15) is 0 Å². The van der Waals surface area contributed by atoms with E-state index in [0.29, 0.717) is 0 Å². The van der Waals surface area contributed by atoms with Gasteiger partial charge >= 0.3 is 85.3 Å². The first kappa shape index (κ1) is 37.4. The van der Waals surface area contributed by atoms with Gasteiger partial charge in [0.25, 0.3) is 0 Å². The van der Waals surface area contributed by atoms with Crippen LogP contribution in [0.5, 0.6) is 0 Å². The van der Waals surface area contributed by atoms with Crippen LogP contribution in [0.1, 0.15) is 0 Å². The van der Waals surface area contributed by atoms with Crippen molar-refractivity contribution in [2.45, 2.75) is 0 Å². The summed E-state index contributed by atoms with van der Waals surface area (Å²) in [5, 5.41) is 0. The summed E-state index contributed by atoms with van der Waals surface area (Å²) in [6.07, 6.45) is 0. The predicted molar refractivity (Wildman–Crippen MR) is 29.5 cm³/mol. The van der Waals surface area contributed by atoms with E-state index in [9.17, 15) is 0 Å². The average molecular weight is 425 g/mol. The molecular formula is H3Na2O12P3Zr. The van der Waals surface area contributed by atoms with Crippen molar-refractivity contribution in [2.24, 2.45) is 0 Å². The minimum Gasteiger partial charge on any atom is -0.790 e. The summed E-state index contributed by atoms with van der Waals surface area (Å²) >= 11 is 0. The largest absolute Gasteiger partial charge is 4.00 e. The van der Waals surface area contributed by atoms with Crippen molar-refractivity contribution in [3.8, 4) is 0 Å². The van der Waals surface area contributed by atoms with Crippen molar-refractivity contribution in [3.05, 3.63) is 0 Å². The molecule has 0 radical (unpaired) electrons. The Hall–Kier alpha value is 3.21. The Morgan fingerprint density at radius 2 is 0.556 bits per heavy atom. The Kier molecular flexibility index (Phi) is 34.5. The molecule has 96 valence electrons. The van der Waals surface area contributed by atoms with Crippen LogP contribution in [-0.2, 0) is 39.9 Å². The molecule has 12 nitrogen and oxygen atoms in total. The van der Waals surface area contributed by atoms with Gasteiger partial charge in [0.2, 0.25) is 0 Å². The minimum atomic E-state index is -5.14. The van der Waals surface area contributed by atoms with Gasteiger partial charge in [0.1, 0.15) is 0 Å². The van der Waals surface area contributed by atoms with Gasteiger partial charge in [-0.05, 0) is 0 Å². The first-order valence-electron chi connectivity index (χ1n) is 2.24. The zero-order valence-corrected chi connectivity index (χ0v) is 18.0. The molecule has 18 heavy (non-hydrogen) atoms. The van der Waals surface area contributed by atoms with Gasteiger partial charge in [-0.3, -0.25) is 0 Å². The third-order valence-electron chi connectivity index (χ3n) is 0. The van der Waals surface area contributed by atoms with E-state index in [2.05, 4.69) is 0 Å². The fourth-order valence-electron chi connectivity index (χ4n) is 0. The molecule has 0 bridgehead atoms. The van der Waals surface area contributed by atoms with Gasteiger partial charge in [0, 0.05) is 0 Å². The Balaban J connectivity index is -0.0000000277.